The highest BCUT2D eigenvalue weighted by Gasteiger charge is 2.16. The van der Waals surface area contributed by atoms with E-state index in [1.807, 2.05) is 18.2 Å². The highest BCUT2D eigenvalue weighted by molar-refractivity contribution is 7.80. The van der Waals surface area contributed by atoms with E-state index in [2.05, 4.69) is 47.0 Å². The van der Waals surface area contributed by atoms with Crippen molar-refractivity contribution in [3.05, 3.63) is 65.7 Å². The van der Waals surface area contributed by atoms with E-state index in [1.165, 1.54) is 5.56 Å². The number of rotatable bonds is 8. The zero-order valence-electron chi connectivity index (χ0n) is 16.4. The van der Waals surface area contributed by atoms with Gasteiger partial charge in [0.2, 0.25) is 0 Å². The summed E-state index contributed by atoms with van der Waals surface area (Å²) in [6, 6.07) is 18.5. The highest BCUT2D eigenvalue weighted by atomic mass is 32.1. The molecule has 6 heteroatoms. The summed E-state index contributed by atoms with van der Waals surface area (Å²) in [6.45, 7) is 6.00. The Kier molecular flexibility index (Phi) is 8.08. The Morgan fingerprint density at radius 3 is 2.43 bits per heavy atom. The van der Waals surface area contributed by atoms with Gasteiger partial charge < -0.3 is 25.0 Å². The van der Waals surface area contributed by atoms with Crippen molar-refractivity contribution in [2.24, 2.45) is 0 Å². The molecule has 1 aliphatic rings. The molecule has 2 aromatic carbocycles. The van der Waals surface area contributed by atoms with Gasteiger partial charge in [-0.2, -0.15) is 0 Å². The Morgan fingerprint density at radius 2 is 1.75 bits per heavy atom. The van der Waals surface area contributed by atoms with Crippen molar-refractivity contribution in [2.45, 2.75) is 12.5 Å². The first kappa shape index (κ1) is 20.6. The fourth-order valence-electron chi connectivity index (χ4n) is 3.43. The number of morpholine rings is 1. The Hall–Kier alpha value is -2.15. The molecule has 1 atom stereocenters. The van der Waals surface area contributed by atoms with Crippen molar-refractivity contribution < 1.29 is 14.4 Å². The van der Waals surface area contributed by atoms with Gasteiger partial charge in [0.1, 0.15) is 18.8 Å². The largest absolute Gasteiger partial charge is 0.497 e. The summed E-state index contributed by atoms with van der Waals surface area (Å²) in [5.74, 6) is 0.849. The molecule has 0 bridgehead atoms. The maximum atomic E-state index is 5.57. The van der Waals surface area contributed by atoms with E-state index in [0.717, 1.165) is 57.1 Å². The van der Waals surface area contributed by atoms with Gasteiger partial charge in [-0.15, -0.1) is 0 Å². The molecule has 28 heavy (non-hydrogen) atoms. The SMILES string of the molecule is COc1ccc([C@H](NC(=S)NCCC[NH+]2CCOCC2)c2ccccc2)cc1. The zero-order chi connectivity index (χ0) is 19.6. The molecular weight excluding hydrogens is 370 g/mol. The second kappa shape index (κ2) is 11.0. The van der Waals surface area contributed by atoms with Crippen LogP contribution in [0.1, 0.15) is 23.6 Å². The molecule has 0 radical (unpaired) electrons. The zero-order valence-corrected chi connectivity index (χ0v) is 17.3. The first-order valence-corrected chi connectivity index (χ1v) is 10.3. The molecular formula is C22H30N3O2S+. The van der Waals surface area contributed by atoms with E-state index in [0.29, 0.717) is 5.11 Å². The second-order valence-corrected chi connectivity index (χ2v) is 7.39. The van der Waals surface area contributed by atoms with E-state index in [-0.39, 0.29) is 6.04 Å². The number of hydrogen-bond donors (Lipinski definition) is 3. The van der Waals surface area contributed by atoms with Gasteiger partial charge in [0.25, 0.3) is 0 Å². The van der Waals surface area contributed by atoms with E-state index in [4.69, 9.17) is 21.7 Å². The van der Waals surface area contributed by atoms with Crippen molar-refractivity contribution in [1.82, 2.24) is 10.6 Å². The molecule has 1 heterocycles. The minimum atomic E-state index is -0.00280. The molecule has 150 valence electrons. The fraction of sp³-hybridized carbons (Fsp3) is 0.409. The molecule has 3 rings (SSSR count). The Bertz CT molecular complexity index is 718. The van der Waals surface area contributed by atoms with E-state index < -0.39 is 0 Å². The number of nitrogens with one attached hydrogen (secondary N) is 3. The van der Waals surface area contributed by atoms with Gasteiger partial charge in [0.05, 0.1) is 32.9 Å². The first-order valence-electron chi connectivity index (χ1n) is 9.91. The topological polar surface area (TPSA) is 47.0 Å². The molecule has 0 saturated carbocycles. The van der Waals surface area contributed by atoms with Crippen molar-refractivity contribution in [2.75, 3.05) is 46.5 Å². The van der Waals surface area contributed by atoms with Crippen LogP contribution in [0.2, 0.25) is 0 Å². The lowest BCUT2D eigenvalue weighted by Crippen LogP contribution is -3.14. The van der Waals surface area contributed by atoms with Crippen LogP contribution in [0.3, 0.4) is 0 Å². The number of hydrogen-bond acceptors (Lipinski definition) is 3. The summed E-state index contributed by atoms with van der Waals surface area (Å²) in [7, 11) is 1.68. The van der Waals surface area contributed by atoms with Crippen LogP contribution >= 0.6 is 12.2 Å². The summed E-state index contributed by atoms with van der Waals surface area (Å²) in [4.78, 5) is 1.62. The molecule has 1 saturated heterocycles. The second-order valence-electron chi connectivity index (χ2n) is 6.98. The molecule has 0 aliphatic carbocycles. The molecule has 5 nitrogen and oxygen atoms in total. The van der Waals surface area contributed by atoms with Crippen molar-refractivity contribution in [3.63, 3.8) is 0 Å². The Morgan fingerprint density at radius 1 is 1.07 bits per heavy atom. The van der Waals surface area contributed by atoms with Crippen LogP contribution in [0.5, 0.6) is 5.75 Å². The van der Waals surface area contributed by atoms with Crippen LogP contribution in [0.15, 0.2) is 54.6 Å². The molecule has 0 aromatic heterocycles. The van der Waals surface area contributed by atoms with Crippen LogP contribution in [-0.4, -0.2) is 51.6 Å². The standard InChI is InChI=1S/C22H29N3O2S/c1-26-20-10-8-19(9-11-20)21(18-6-3-2-4-7-18)24-22(28)23-12-5-13-25-14-16-27-17-15-25/h2-4,6-11,21H,5,12-17H2,1H3,(H2,23,24,28)/p+1/t21-/m1/s1. The fourth-order valence-corrected chi connectivity index (χ4v) is 3.65. The van der Waals surface area contributed by atoms with Crippen molar-refractivity contribution >= 4 is 17.3 Å². The van der Waals surface area contributed by atoms with Gasteiger partial charge >= 0.3 is 0 Å². The third-order valence-corrected chi connectivity index (χ3v) is 5.31. The maximum Gasteiger partial charge on any atom is 0.167 e. The Labute approximate surface area is 173 Å². The lowest BCUT2D eigenvalue weighted by molar-refractivity contribution is -0.908. The molecule has 3 N–H and O–H groups in total. The predicted octanol–water partition coefficient (Wildman–Crippen LogP) is 1.55. The van der Waals surface area contributed by atoms with Gasteiger partial charge in [-0.25, -0.2) is 0 Å². The first-order chi connectivity index (χ1) is 13.8. The quantitative estimate of drug-likeness (QED) is 0.464. The lowest BCUT2D eigenvalue weighted by atomic mass is 9.99. The average molecular weight is 401 g/mol. The third-order valence-electron chi connectivity index (χ3n) is 5.05. The summed E-state index contributed by atoms with van der Waals surface area (Å²) in [5, 5.41) is 7.53. The summed E-state index contributed by atoms with van der Waals surface area (Å²) < 4.78 is 10.7. The van der Waals surface area contributed by atoms with Crippen molar-refractivity contribution in [1.29, 1.82) is 0 Å². The van der Waals surface area contributed by atoms with Gasteiger partial charge in [-0.05, 0) is 35.5 Å². The lowest BCUT2D eigenvalue weighted by Gasteiger charge is -2.24. The Balaban J connectivity index is 1.55. The van der Waals surface area contributed by atoms with Crippen LogP contribution in [0.4, 0.5) is 0 Å². The van der Waals surface area contributed by atoms with Gasteiger partial charge in [0.15, 0.2) is 5.11 Å². The molecule has 0 amide bonds. The van der Waals surface area contributed by atoms with E-state index >= 15 is 0 Å². The molecule has 1 fully saturated rings. The molecule has 0 spiro atoms. The van der Waals surface area contributed by atoms with Crippen LogP contribution in [0, 0.1) is 0 Å². The van der Waals surface area contributed by atoms with Gasteiger partial charge in [0, 0.05) is 13.0 Å². The van der Waals surface area contributed by atoms with Crippen molar-refractivity contribution in [3.8, 4) is 5.75 Å². The predicted molar refractivity (Wildman–Crippen MR) is 116 cm³/mol. The maximum absolute atomic E-state index is 5.57. The molecule has 1 aliphatic heterocycles. The summed E-state index contributed by atoms with van der Waals surface area (Å²) in [6.07, 6.45) is 1.09. The number of quaternary nitrogens is 1. The molecule has 0 unspecified atom stereocenters. The number of benzene rings is 2. The van der Waals surface area contributed by atoms with E-state index in [9.17, 15) is 0 Å². The molecule has 2 aromatic rings. The third kappa shape index (κ3) is 6.19. The number of thiocarbonyl (C=S) groups is 1. The summed E-state index contributed by atoms with van der Waals surface area (Å²) in [5.41, 5.74) is 2.32. The van der Waals surface area contributed by atoms with Gasteiger partial charge in [-0.3, -0.25) is 0 Å². The van der Waals surface area contributed by atoms with Crippen LogP contribution < -0.4 is 20.3 Å². The number of methoxy groups -OCH3 is 1. The highest BCUT2D eigenvalue weighted by Crippen LogP contribution is 2.24. The van der Waals surface area contributed by atoms with Crippen LogP contribution in [-0.2, 0) is 4.74 Å². The monoisotopic (exact) mass is 400 g/mol. The normalized spacial score (nSPS) is 15.6. The summed E-state index contributed by atoms with van der Waals surface area (Å²) >= 11 is 5.57. The van der Waals surface area contributed by atoms with E-state index in [1.54, 1.807) is 12.0 Å². The van der Waals surface area contributed by atoms with Crippen LogP contribution in [0.25, 0.3) is 0 Å². The minimum absolute atomic E-state index is 0.00280. The smallest absolute Gasteiger partial charge is 0.167 e. The minimum Gasteiger partial charge on any atom is -0.497 e. The average Bonchev–Trinajstić information content (AvgIpc) is 2.76. The number of ether oxygens (including phenoxy) is 2. The van der Waals surface area contributed by atoms with Gasteiger partial charge in [-0.1, -0.05) is 42.5 Å².